The smallest absolute Gasteiger partial charge is 0.395 e. The maximum Gasteiger partial charge on any atom is 0.395 e. The Hall–Kier alpha value is -1.23. The minimum absolute atomic E-state index is 0.152. The Morgan fingerprint density at radius 2 is 1.64 bits per heavy atom. The van der Waals surface area contributed by atoms with Gasteiger partial charge in [0, 0.05) is 13.2 Å². The lowest BCUT2D eigenvalue weighted by molar-refractivity contribution is -0.251. The molecule has 0 aromatic heterocycles. The average Bonchev–Trinajstić information content (AvgIpc) is 2.46. The molecule has 0 aliphatic carbocycles. The van der Waals surface area contributed by atoms with Crippen molar-refractivity contribution in [2.24, 2.45) is 0 Å². The van der Waals surface area contributed by atoms with Crippen LogP contribution in [-0.4, -0.2) is 35.2 Å². The first-order valence-electron chi connectivity index (χ1n) is 6.17. The van der Waals surface area contributed by atoms with Gasteiger partial charge in [-0.15, -0.1) is 0 Å². The molecule has 0 aliphatic heterocycles. The fourth-order valence-corrected chi connectivity index (χ4v) is 1.77. The van der Waals surface area contributed by atoms with Gasteiger partial charge in [0.1, 0.15) is 0 Å². The van der Waals surface area contributed by atoms with Gasteiger partial charge in [0.25, 0.3) is 6.48 Å². The van der Waals surface area contributed by atoms with Crippen LogP contribution in [0.1, 0.15) is 13.8 Å². The van der Waals surface area contributed by atoms with Crippen molar-refractivity contribution in [2.45, 2.75) is 26.1 Å². The Morgan fingerprint density at radius 3 is 2.18 bits per heavy atom. The second-order valence-corrected chi connectivity index (χ2v) is 4.73. The van der Waals surface area contributed by atoms with Crippen LogP contribution in [0.25, 0.3) is 0 Å². The zero-order valence-corrected chi connectivity index (χ0v) is 12.7. The largest absolute Gasteiger partial charge is 0.432 e. The monoisotopic (exact) mass is 344 g/mol. The predicted octanol–water partition coefficient (Wildman–Crippen LogP) is 3.03. The van der Waals surface area contributed by atoms with Crippen molar-refractivity contribution in [3.8, 4) is 5.75 Å². The van der Waals surface area contributed by atoms with Gasteiger partial charge in [0.2, 0.25) is 5.82 Å². The van der Waals surface area contributed by atoms with Crippen molar-refractivity contribution in [3.05, 3.63) is 29.6 Å². The summed E-state index contributed by atoms with van der Waals surface area (Å²) in [6, 6.07) is 1.02. The fraction of sp³-hybridized carbons (Fsp3) is 0.500. The summed E-state index contributed by atoms with van der Waals surface area (Å²) in [6.07, 6.45) is 0. The molecule has 0 N–H and O–H groups in total. The van der Waals surface area contributed by atoms with E-state index in [1.807, 2.05) is 0 Å². The maximum absolute atomic E-state index is 13.5. The van der Waals surface area contributed by atoms with Gasteiger partial charge in [-0.25, -0.2) is 8.78 Å². The molecule has 0 saturated heterocycles. The standard InChI is InChI=1S/C12H13F5O4Si/c1-3-18-11(19-4-2)21-22-12(16,17)20-8-6-5-7(13)9(14)10(8)15/h5-6,11H,3-4H2,1-2H3. The summed E-state index contributed by atoms with van der Waals surface area (Å²) in [7, 11) is -1.61. The Labute approximate surface area is 126 Å². The number of alkyl halides is 2. The number of benzene rings is 1. The molecule has 1 aromatic carbocycles. The molecule has 0 saturated carbocycles. The summed E-state index contributed by atoms with van der Waals surface area (Å²) in [4.78, 5) is 0. The first kappa shape index (κ1) is 18.8. The third-order valence-corrected chi connectivity index (χ3v) is 2.77. The molecule has 0 fully saturated rings. The highest BCUT2D eigenvalue weighted by Crippen LogP contribution is 2.27. The van der Waals surface area contributed by atoms with Crippen LogP contribution >= 0.6 is 0 Å². The normalized spacial score (nSPS) is 12.0. The lowest BCUT2D eigenvalue weighted by Gasteiger charge is -2.21. The summed E-state index contributed by atoms with van der Waals surface area (Å²) >= 11 is 0. The number of ether oxygens (including phenoxy) is 3. The van der Waals surface area contributed by atoms with Crippen LogP contribution in [0.5, 0.6) is 5.75 Å². The van der Waals surface area contributed by atoms with Crippen molar-refractivity contribution in [2.75, 3.05) is 13.2 Å². The Balaban J connectivity index is 2.68. The molecular weight excluding hydrogens is 331 g/mol. The molecule has 0 bridgehead atoms. The topological polar surface area (TPSA) is 36.9 Å². The summed E-state index contributed by atoms with van der Waals surface area (Å²) in [5, 5.41) is 0. The van der Waals surface area contributed by atoms with Crippen LogP contribution in [0.15, 0.2) is 12.1 Å². The summed E-state index contributed by atoms with van der Waals surface area (Å²) in [6.45, 7) is 2.17. The van der Waals surface area contributed by atoms with Gasteiger partial charge in [0.15, 0.2) is 17.4 Å². The van der Waals surface area contributed by atoms with Gasteiger partial charge in [-0.05, 0) is 26.0 Å². The van der Waals surface area contributed by atoms with Crippen LogP contribution in [0.4, 0.5) is 22.0 Å². The van der Waals surface area contributed by atoms with Crippen molar-refractivity contribution < 1.29 is 40.6 Å². The Kier molecular flexibility index (Phi) is 7.19. The fourth-order valence-electron chi connectivity index (χ4n) is 1.25. The number of rotatable bonds is 9. The van der Waals surface area contributed by atoms with E-state index < -0.39 is 45.2 Å². The third-order valence-electron chi connectivity index (χ3n) is 2.12. The minimum atomic E-state index is -3.97. The summed E-state index contributed by atoms with van der Waals surface area (Å²) in [5.74, 6) is -6.40. The number of hydrogen-bond acceptors (Lipinski definition) is 4. The van der Waals surface area contributed by atoms with Crippen LogP contribution in [0.3, 0.4) is 0 Å². The first-order chi connectivity index (χ1) is 10.3. The van der Waals surface area contributed by atoms with Crippen molar-refractivity contribution in [1.29, 1.82) is 0 Å². The van der Waals surface area contributed by atoms with Gasteiger partial charge < -0.3 is 18.6 Å². The van der Waals surface area contributed by atoms with E-state index in [2.05, 4.69) is 9.16 Å². The summed E-state index contributed by atoms with van der Waals surface area (Å²) in [5.41, 5.74) is -3.97. The molecule has 4 nitrogen and oxygen atoms in total. The van der Waals surface area contributed by atoms with Gasteiger partial charge in [-0.2, -0.15) is 13.2 Å². The van der Waals surface area contributed by atoms with E-state index >= 15 is 0 Å². The molecule has 0 amide bonds. The van der Waals surface area contributed by atoms with Gasteiger partial charge >= 0.3 is 15.5 Å². The van der Waals surface area contributed by atoms with Crippen molar-refractivity contribution >= 4 is 9.76 Å². The third kappa shape index (κ3) is 5.52. The SMILES string of the molecule is CCOC(OCC)O[Si]C(F)(F)Oc1ccc(F)c(F)c1F. The molecule has 1 rings (SSSR count). The molecule has 124 valence electrons. The molecule has 0 unspecified atom stereocenters. The quantitative estimate of drug-likeness (QED) is 0.299. The highest BCUT2D eigenvalue weighted by atomic mass is 28.2. The zero-order chi connectivity index (χ0) is 16.8. The molecule has 2 radical (unpaired) electrons. The molecule has 1 aromatic rings. The van der Waals surface area contributed by atoms with E-state index in [1.54, 1.807) is 13.8 Å². The molecular formula is C12H13F5O4Si. The molecule has 0 spiro atoms. The average molecular weight is 344 g/mol. The highest BCUT2D eigenvalue weighted by molar-refractivity contribution is 6.30. The van der Waals surface area contributed by atoms with E-state index in [0.717, 1.165) is 0 Å². The molecule has 0 aliphatic rings. The molecule has 0 atom stereocenters. The predicted molar refractivity (Wildman–Crippen MR) is 65.8 cm³/mol. The highest BCUT2D eigenvalue weighted by Gasteiger charge is 2.38. The van der Waals surface area contributed by atoms with Crippen LogP contribution in [0, 0.1) is 17.5 Å². The number of hydrogen-bond donors (Lipinski definition) is 0. The molecule has 0 heterocycles. The second-order valence-electron chi connectivity index (χ2n) is 3.71. The van der Waals surface area contributed by atoms with Crippen molar-refractivity contribution in [3.63, 3.8) is 0 Å². The maximum atomic E-state index is 13.5. The second kappa shape index (κ2) is 8.41. The number of halogens is 5. The van der Waals surface area contributed by atoms with Crippen LogP contribution in [0.2, 0.25) is 0 Å². The van der Waals surface area contributed by atoms with E-state index in [-0.39, 0.29) is 13.2 Å². The first-order valence-corrected chi connectivity index (χ1v) is 7.07. The Bertz CT molecular complexity index is 483. The van der Waals surface area contributed by atoms with Crippen molar-refractivity contribution in [1.82, 2.24) is 0 Å². The van der Waals surface area contributed by atoms with Gasteiger partial charge in [-0.3, -0.25) is 0 Å². The van der Waals surface area contributed by atoms with Crippen LogP contribution < -0.4 is 4.74 Å². The van der Waals surface area contributed by atoms with E-state index in [9.17, 15) is 22.0 Å². The molecule has 22 heavy (non-hydrogen) atoms. The van der Waals surface area contributed by atoms with Gasteiger partial charge in [0.05, 0.1) is 0 Å². The zero-order valence-electron chi connectivity index (χ0n) is 11.7. The van der Waals surface area contributed by atoms with E-state index in [1.165, 1.54) is 0 Å². The van der Waals surface area contributed by atoms with Crippen LogP contribution in [-0.2, 0) is 13.9 Å². The lowest BCUT2D eigenvalue weighted by atomic mass is 10.3. The minimum Gasteiger partial charge on any atom is -0.432 e. The van der Waals surface area contributed by atoms with E-state index in [0.29, 0.717) is 12.1 Å². The van der Waals surface area contributed by atoms with Gasteiger partial charge in [-0.1, -0.05) is 0 Å². The summed E-state index contributed by atoms with van der Waals surface area (Å²) < 4.78 is 84.4. The Morgan fingerprint density at radius 1 is 1.05 bits per heavy atom. The van der Waals surface area contributed by atoms with E-state index in [4.69, 9.17) is 9.47 Å². The lowest BCUT2D eigenvalue weighted by Crippen LogP contribution is -2.38. The molecule has 10 heteroatoms.